The molecule has 0 amide bonds. The van der Waals surface area contributed by atoms with Crippen molar-refractivity contribution >= 4 is 59.7 Å². The highest BCUT2D eigenvalue weighted by molar-refractivity contribution is 5.79. The molecule has 2 aromatic rings. The van der Waals surface area contributed by atoms with Crippen molar-refractivity contribution in [3.8, 4) is 36.1 Å². The summed E-state index contributed by atoms with van der Waals surface area (Å²) in [5, 5.41) is 52.4. The molecule has 0 heterocycles. The van der Waals surface area contributed by atoms with Gasteiger partial charge in [0.2, 0.25) is 0 Å². The Kier molecular flexibility index (Phi) is 79.3. The van der Waals surface area contributed by atoms with Crippen molar-refractivity contribution in [3.63, 3.8) is 0 Å². The minimum absolute atomic E-state index is 0.0134. The summed E-state index contributed by atoms with van der Waals surface area (Å²) in [5.41, 5.74) is -0.0753. The summed E-state index contributed by atoms with van der Waals surface area (Å²) in [7, 11) is 0. The normalized spacial score (nSPS) is 15.2. The number of aliphatic hydroxyl groups is 1. The molecule has 0 radical (unpaired) electrons. The molecule has 0 aliphatic heterocycles. The number of rotatable bonds is 46. The quantitative estimate of drug-likeness (QED) is 0.0161. The molecule has 7 atom stereocenters. The Morgan fingerprint density at radius 2 is 0.907 bits per heavy atom. The Labute approximate surface area is 842 Å². The van der Waals surface area contributed by atoms with Crippen LogP contribution in [0.4, 0.5) is 0 Å². The zero-order valence-corrected chi connectivity index (χ0v) is 90.9. The van der Waals surface area contributed by atoms with Crippen LogP contribution in [0.15, 0.2) is 111 Å². The molecule has 28 heteroatoms. The van der Waals surface area contributed by atoms with E-state index >= 15 is 0 Å². The van der Waals surface area contributed by atoms with E-state index in [-0.39, 0.29) is 131 Å². The summed E-state index contributed by atoms with van der Waals surface area (Å²) >= 11 is 0. The molecule has 7 unspecified atom stereocenters. The largest absolute Gasteiger partial charge is 0.502 e. The SMILES string of the molecule is C=C(C)C1CCC(C)(OC(=O)C(C)CC)CC1.C=C(C)COC(=O)C(C)(C)CC.C=CCOC(=O)C(C)(CC)CO.C=COCCCCOC(=O)C(C)CC.C=COCCOC(=O)C(C)CC.CCC(C)(C)C(=O)OC(C)(C)C#N.CCC(C)(C)C(=O)OCCCCC#N.CCC(C)C(=O)OC1(C#N)CCCCC1.CCC(C)C(=O)OCc1ccc(C#N)cc1.CCC(C)C(=O)Oc1ccccc1C#N. The topological polar surface area (TPSA) is 421 Å². The number of aliphatic hydroxyl groups excluding tert-OH is 1. The van der Waals surface area contributed by atoms with E-state index < -0.39 is 22.0 Å². The van der Waals surface area contributed by atoms with Crippen molar-refractivity contribution < 1.29 is 110 Å². The van der Waals surface area contributed by atoms with Gasteiger partial charge < -0.3 is 61.9 Å². The number of hydrogen-bond donors (Lipinski definition) is 1. The maximum Gasteiger partial charge on any atom is 0.314 e. The van der Waals surface area contributed by atoms with E-state index in [4.69, 9.17) is 88.3 Å². The lowest BCUT2D eigenvalue weighted by molar-refractivity contribution is -0.166. The van der Waals surface area contributed by atoms with E-state index in [0.717, 1.165) is 133 Å². The van der Waals surface area contributed by atoms with Gasteiger partial charge in [0.25, 0.3) is 0 Å². The van der Waals surface area contributed by atoms with E-state index in [9.17, 15) is 47.9 Å². The number of allylic oxidation sites excluding steroid dienone is 1. The number of para-hydroxylation sites is 1. The summed E-state index contributed by atoms with van der Waals surface area (Å²) in [4.78, 5) is 114. The lowest BCUT2D eigenvalue weighted by Crippen LogP contribution is -2.37. The van der Waals surface area contributed by atoms with Crippen molar-refractivity contribution in [1.82, 2.24) is 0 Å². The molecule has 2 aliphatic carbocycles. The van der Waals surface area contributed by atoms with E-state index in [0.29, 0.717) is 94.5 Å². The minimum Gasteiger partial charge on any atom is -0.502 e. The molecule has 2 aliphatic rings. The highest BCUT2D eigenvalue weighted by atomic mass is 16.6. The second-order valence-electron chi connectivity index (χ2n) is 38.0. The van der Waals surface area contributed by atoms with Crippen LogP contribution in [0, 0.1) is 120 Å². The highest BCUT2D eigenvalue weighted by Crippen LogP contribution is 2.39. The van der Waals surface area contributed by atoms with E-state index in [1.807, 2.05) is 171 Å². The number of hydrogen-bond acceptors (Lipinski definition) is 28. The molecule has 2 fully saturated rings. The van der Waals surface area contributed by atoms with Gasteiger partial charge in [-0.3, -0.25) is 47.9 Å². The number of nitrogens with zero attached hydrogens (tertiary/aromatic N) is 5. The third kappa shape index (κ3) is 65.7. The van der Waals surface area contributed by atoms with Crippen LogP contribution in [0.25, 0.3) is 0 Å². The second-order valence-corrected chi connectivity index (χ2v) is 38.0. The molecular formula is C112H179N5O23. The zero-order valence-electron chi connectivity index (χ0n) is 90.9. The Hall–Kier alpha value is -11.2. The number of carbonyl (C=O) groups is 10. The van der Waals surface area contributed by atoms with Crippen molar-refractivity contribution in [2.24, 2.45) is 63.1 Å². The Morgan fingerprint density at radius 1 is 0.479 bits per heavy atom. The van der Waals surface area contributed by atoms with Crippen LogP contribution < -0.4 is 4.74 Å². The van der Waals surface area contributed by atoms with Gasteiger partial charge in [0.15, 0.2) is 11.2 Å². The Bertz CT molecular complexity index is 4150. The summed E-state index contributed by atoms with van der Waals surface area (Å²) in [6, 6.07) is 23.9. The smallest absolute Gasteiger partial charge is 0.314 e. The molecule has 0 aromatic heterocycles. The van der Waals surface area contributed by atoms with Crippen molar-refractivity contribution in [3.05, 3.63) is 128 Å². The maximum atomic E-state index is 11.8. The number of ether oxygens (including phenoxy) is 12. The molecule has 4 rings (SSSR count). The number of nitriles is 5. The molecule has 0 bridgehead atoms. The average Bonchev–Trinajstić information content (AvgIpc) is 0.831. The van der Waals surface area contributed by atoms with Crippen LogP contribution in [0.3, 0.4) is 0 Å². The molecule has 140 heavy (non-hydrogen) atoms. The minimum atomic E-state index is -1.02. The van der Waals surface area contributed by atoms with Crippen molar-refractivity contribution in [2.45, 2.75) is 371 Å². The van der Waals surface area contributed by atoms with Gasteiger partial charge >= 0.3 is 59.7 Å². The van der Waals surface area contributed by atoms with Crippen molar-refractivity contribution in [2.75, 3.05) is 52.9 Å². The van der Waals surface area contributed by atoms with Gasteiger partial charge in [-0.15, -0.1) is 0 Å². The average molecular weight is 1960 g/mol. The third-order valence-corrected chi connectivity index (χ3v) is 23.8. The fraction of sp³-hybridized carbons (Fsp3) is 0.670. The van der Waals surface area contributed by atoms with Gasteiger partial charge in [0.05, 0.1) is 119 Å². The van der Waals surface area contributed by atoms with Gasteiger partial charge in [-0.25, -0.2) is 0 Å². The van der Waals surface area contributed by atoms with Crippen LogP contribution in [-0.2, 0) is 107 Å². The molecule has 0 saturated heterocycles. The number of unbranched alkanes of at least 4 members (excludes halogenated alkanes) is 3. The van der Waals surface area contributed by atoms with E-state index in [1.165, 1.54) is 24.2 Å². The predicted octanol–water partition coefficient (Wildman–Crippen LogP) is 24.9. The summed E-state index contributed by atoms with van der Waals surface area (Å²) in [5.74, 6) is -1.29. The maximum absolute atomic E-state index is 11.8. The molecule has 2 saturated carbocycles. The molecule has 28 nitrogen and oxygen atoms in total. The van der Waals surface area contributed by atoms with Gasteiger partial charge in [-0.2, -0.15) is 26.3 Å². The molecule has 790 valence electrons. The lowest BCUT2D eigenvalue weighted by Gasteiger charge is -2.37. The lowest BCUT2D eigenvalue weighted by atomic mass is 9.77. The third-order valence-electron chi connectivity index (χ3n) is 23.8. The summed E-state index contributed by atoms with van der Waals surface area (Å²) in [6.07, 6.45) is 24.4. The van der Waals surface area contributed by atoms with Gasteiger partial charge in [0.1, 0.15) is 62.6 Å². The van der Waals surface area contributed by atoms with E-state index in [2.05, 4.69) is 58.9 Å². The zero-order chi connectivity index (χ0) is 109. The molecule has 2 aromatic carbocycles. The van der Waals surface area contributed by atoms with Gasteiger partial charge in [-0.1, -0.05) is 186 Å². The van der Waals surface area contributed by atoms with E-state index in [1.54, 1.807) is 76.2 Å². The van der Waals surface area contributed by atoms with Crippen molar-refractivity contribution in [1.29, 1.82) is 26.3 Å². The monoisotopic (exact) mass is 1960 g/mol. The molecule has 1 N–H and O–H groups in total. The standard InChI is InChI=1S/C15H26O2.C13H15NO2.C12H13NO2.C12H19NO2.C11H19NO2.C11H20O3.C10H17NO2.C10H18O2.2C9H16O3/c1-6-12(4)14(16)17-15(5)9-7-13(8-10-15)11(2)3;1-3-10(2)13(15)16-9-12-6-4-11(8-14)5-7-12;1-3-9(2)12(14)15-11-7-5-4-6-10(11)8-13;1-3-10(2)11(14)15-12(9-13)7-5-4-6-8-12;1-4-11(2,3)10(13)14-9-7-5-6-8-12;1-4-10(3)11(12)14-9-7-6-8-13-5-2;1-6-9(2,3)8(12)13-10(4,5)7-11;1-6-10(4,5)9(11)12-7-8(2)3;1-4-8(3)9(10)12-7-6-11-5-2;1-4-6-12-8(11)9(3,5-2)7-10/h12-13H,2,6-10H2,1,3-5H3;4-7,10H,3,9H2,1-2H3;4-7,9H,3H2,1-2H3;10H,3-8H2,1-2H3;4-7,9H2,1-3H3;5,10H,2,4,6-9H2,1,3H3;6H2,1-5H3;2,6-7H2,1,3-5H3;5,8H,2,4,6-7H2,1,3H3;4,10H,1,5-7H2,2-3H3. The highest BCUT2D eigenvalue weighted by Gasteiger charge is 2.39. The fourth-order valence-electron chi connectivity index (χ4n) is 10.3. The number of esters is 10. The number of carbonyl (C=O) groups excluding carboxylic acids is 10. The first-order valence-electron chi connectivity index (χ1n) is 49.7. The molecular weight excluding hydrogens is 1780 g/mol. The van der Waals surface area contributed by atoms with Crippen LogP contribution in [0.2, 0.25) is 0 Å². The van der Waals surface area contributed by atoms with Gasteiger partial charge in [0, 0.05) is 19.3 Å². The second kappa shape index (κ2) is 79.5. The predicted molar refractivity (Wildman–Crippen MR) is 548 cm³/mol. The molecule has 0 spiro atoms. The first-order valence-corrected chi connectivity index (χ1v) is 49.7. The van der Waals surface area contributed by atoms with Crippen LogP contribution in [0.1, 0.15) is 365 Å². The van der Waals surface area contributed by atoms with Crippen LogP contribution in [-0.4, -0.2) is 134 Å². The summed E-state index contributed by atoms with van der Waals surface area (Å²) in [6.45, 7) is 73.4. The first-order chi connectivity index (χ1) is 65.6. The van der Waals surface area contributed by atoms with Crippen LogP contribution >= 0.6 is 0 Å². The number of benzene rings is 2. The first kappa shape index (κ1) is 140. The summed E-state index contributed by atoms with van der Waals surface area (Å²) < 4.78 is 61.0. The van der Waals surface area contributed by atoms with Crippen LogP contribution in [0.5, 0.6) is 5.75 Å². The fourth-order valence-corrected chi connectivity index (χ4v) is 10.3. The van der Waals surface area contributed by atoms with Gasteiger partial charge in [-0.05, 0) is 253 Å². The Balaban J connectivity index is -0.000000357. The Morgan fingerprint density at radius 3 is 1.33 bits per heavy atom.